The molecule has 1 aliphatic rings. The zero-order chi connectivity index (χ0) is 31.2. The van der Waals surface area contributed by atoms with Crippen molar-refractivity contribution < 1.29 is 27.6 Å². The molecule has 0 saturated carbocycles. The highest BCUT2D eigenvalue weighted by Crippen LogP contribution is 2.41. The molecule has 1 fully saturated rings. The van der Waals surface area contributed by atoms with Gasteiger partial charge in [0, 0.05) is 39.4 Å². The molecule has 8 heteroatoms. The van der Waals surface area contributed by atoms with E-state index in [1.54, 1.807) is 18.4 Å². The molecule has 0 radical (unpaired) electrons. The average molecular weight is 624 g/mol. The number of hydrogen-bond acceptors (Lipinski definition) is 6. The summed E-state index contributed by atoms with van der Waals surface area (Å²) in [5.74, 6) is 1.42. The van der Waals surface area contributed by atoms with E-state index in [1.807, 2.05) is 66.7 Å². The van der Waals surface area contributed by atoms with E-state index in [0.29, 0.717) is 23.9 Å². The standard InChI is InChI=1S/C37H34FNO5S/c1-45(41)33-17-7-26(8-18-33)34-19-9-28-25-32(44-37(40)27-5-10-29(38)11-6-27)16-20-35(28)36(34)43-31-14-12-30(13-15-31)42-24-23-39-21-3-2-4-22-39/h5-20,25H,2-4,21-24H2,1H3. The first-order chi connectivity index (χ1) is 21.9. The maximum absolute atomic E-state index is 13.3. The second-order valence-corrected chi connectivity index (χ2v) is 12.4. The van der Waals surface area contributed by atoms with E-state index in [-0.39, 0.29) is 5.56 Å². The van der Waals surface area contributed by atoms with Gasteiger partial charge in [0.25, 0.3) is 0 Å². The molecule has 45 heavy (non-hydrogen) atoms. The molecule has 0 aliphatic carbocycles. The van der Waals surface area contributed by atoms with Gasteiger partial charge in [-0.3, -0.25) is 9.11 Å². The number of hydrogen-bond donors (Lipinski definition) is 0. The molecular formula is C37H34FNO5S. The van der Waals surface area contributed by atoms with Crippen LogP contribution >= 0.6 is 0 Å². The Balaban J connectivity index is 1.26. The molecule has 0 amide bonds. The van der Waals surface area contributed by atoms with Gasteiger partial charge in [0.2, 0.25) is 0 Å². The summed E-state index contributed by atoms with van der Waals surface area (Å²) >= 11 is 0. The van der Waals surface area contributed by atoms with Crippen LogP contribution in [0.1, 0.15) is 29.6 Å². The highest BCUT2D eigenvalue weighted by Gasteiger charge is 2.16. The van der Waals surface area contributed by atoms with Crippen molar-refractivity contribution in [1.82, 2.24) is 4.90 Å². The largest absolute Gasteiger partial charge is 0.492 e. The summed E-state index contributed by atoms with van der Waals surface area (Å²) in [6.07, 6.45) is 5.48. The van der Waals surface area contributed by atoms with E-state index >= 15 is 0 Å². The number of esters is 1. The maximum Gasteiger partial charge on any atom is 0.343 e. The van der Waals surface area contributed by atoms with Gasteiger partial charge in [0.05, 0.1) is 5.56 Å². The smallest absolute Gasteiger partial charge is 0.343 e. The summed E-state index contributed by atoms with van der Waals surface area (Å²) in [5.41, 5.74) is 2.02. The first-order valence-electron chi connectivity index (χ1n) is 15.0. The number of halogens is 1. The van der Waals surface area contributed by atoms with E-state index < -0.39 is 22.6 Å². The fraction of sp³-hybridized carbons (Fsp3) is 0.216. The number of nitrogens with zero attached hydrogens (tertiary/aromatic N) is 1. The van der Waals surface area contributed by atoms with Crippen LogP contribution in [0.3, 0.4) is 0 Å². The van der Waals surface area contributed by atoms with Crippen molar-refractivity contribution in [2.24, 2.45) is 0 Å². The zero-order valence-electron chi connectivity index (χ0n) is 25.0. The van der Waals surface area contributed by atoms with Crippen molar-refractivity contribution in [1.29, 1.82) is 0 Å². The Morgan fingerprint density at radius 1 is 0.800 bits per heavy atom. The molecule has 0 N–H and O–H groups in total. The van der Waals surface area contributed by atoms with Crippen molar-refractivity contribution in [3.63, 3.8) is 0 Å². The van der Waals surface area contributed by atoms with Crippen LogP contribution in [0.5, 0.6) is 23.0 Å². The number of benzene rings is 5. The van der Waals surface area contributed by atoms with Gasteiger partial charge < -0.3 is 14.2 Å². The SMILES string of the molecule is CS(=O)c1ccc(-c2ccc3cc(OC(=O)c4ccc(F)cc4)ccc3c2Oc2ccc(OCCN3CCCCC3)cc2)cc1. The van der Waals surface area contributed by atoms with E-state index in [1.165, 1.54) is 43.5 Å². The van der Waals surface area contributed by atoms with Crippen LogP contribution in [0.25, 0.3) is 21.9 Å². The summed E-state index contributed by atoms with van der Waals surface area (Å²) in [7, 11) is -1.09. The molecule has 1 saturated heterocycles. The predicted molar refractivity (Wildman–Crippen MR) is 175 cm³/mol. The monoisotopic (exact) mass is 623 g/mol. The van der Waals surface area contributed by atoms with E-state index in [2.05, 4.69) is 4.90 Å². The minimum Gasteiger partial charge on any atom is -0.492 e. The summed E-state index contributed by atoms with van der Waals surface area (Å²) < 4.78 is 43.4. The van der Waals surface area contributed by atoms with Gasteiger partial charge in [0.1, 0.15) is 35.4 Å². The number of likely N-dealkylation sites (tertiary alicyclic amines) is 1. The Bertz CT molecular complexity index is 1800. The van der Waals surface area contributed by atoms with Crippen molar-refractivity contribution >= 4 is 27.5 Å². The molecule has 1 aliphatic heterocycles. The summed E-state index contributed by atoms with van der Waals surface area (Å²) in [4.78, 5) is 15.8. The second-order valence-electron chi connectivity index (χ2n) is 11.0. The van der Waals surface area contributed by atoms with Crippen LogP contribution in [0.2, 0.25) is 0 Å². The van der Waals surface area contributed by atoms with Gasteiger partial charge in [-0.2, -0.15) is 0 Å². The van der Waals surface area contributed by atoms with Gasteiger partial charge in [-0.1, -0.05) is 24.6 Å². The molecule has 1 heterocycles. The fourth-order valence-corrected chi connectivity index (χ4v) is 5.97. The van der Waals surface area contributed by atoms with Crippen LogP contribution in [-0.4, -0.2) is 47.6 Å². The number of carbonyl (C=O) groups excluding carboxylic acids is 1. The minimum atomic E-state index is -1.09. The molecular weight excluding hydrogens is 589 g/mol. The van der Waals surface area contributed by atoms with Gasteiger partial charge in [-0.05, 0) is 122 Å². The number of rotatable bonds is 10. The summed E-state index contributed by atoms with van der Waals surface area (Å²) in [6.45, 7) is 3.84. The molecule has 230 valence electrons. The normalized spacial score (nSPS) is 14.2. The number of fused-ring (bicyclic) bond motifs is 1. The van der Waals surface area contributed by atoms with Crippen molar-refractivity contribution in [2.45, 2.75) is 24.2 Å². The van der Waals surface area contributed by atoms with Gasteiger partial charge in [-0.15, -0.1) is 0 Å². The van der Waals surface area contributed by atoms with Crippen LogP contribution in [0.4, 0.5) is 4.39 Å². The van der Waals surface area contributed by atoms with Crippen molar-refractivity contribution in [3.8, 4) is 34.1 Å². The fourth-order valence-electron chi connectivity index (χ4n) is 5.46. The lowest BCUT2D eigenvalue weighted by Gasteiger charge is -2.26. The number of carbonyl (C=O) groups is 1. The lowest BCUT2D eigenvalue weighted by Crippen LogP contribution is -2.33. The zero-order valence-corrected chi connectivity index (χ0v) is 25.9. The van der Waals surface area contributed by atoms with E-state index in [9.17, 15) is 13.4 Å². The van der Waals surface area contributed by atoms with Gasteiger partial charge in [-0.25, -0.2) is 9.18 Å². The van der Waals surface area contributed by atoms with Gasteiger partial charge >= 0.3 is 5.97 Å². The van der Waals surface area contributed by atoms with E-state index in [0.717, 1.165) is 52.2 Å². The van der Waals surface area contributed by atoms with E-state index in [4.69, 9.17) is 14.2 Å². The lowest BCUT2D eigenvalue weighted by molar-refractivity contribution is 0.0735. The van der Waals surface area contributed by atoms with Crippen molar-refractivity contribution in [2.75, 3.05) is 32.5 Å². The molecule has 0 bridgehead atoms. The third-order valence-electron chi connectivity index (χ3n) is 7.90. The topological polar surface area (TPSA) is 65.1 Å². The summed E-state index contributed by atoms with van der Waals surface area (Å²) in [6, 6.07) is 29.6. The van der Waals surface area contributed by atoms with Crippen LogP contribution in [0, 0.1) is 5.82 Å². The Morgan fingerprint density at radius 3 is 2.20 bits per heavy atom. The van der Waals surface area contributed by atoms with Gasteiger partial charge in [0.15, 0.2) is 0 Å². The molecule has 6 nitrogen and oxygen atoms in total. The average Bonchev–Trinajstić information content (AvgIpc) is 3.06. The molecule has 5 aromatic carbocycles. The van der Waals surface area contributed by atoms with Crippen molar-refractivity contribution in [3.05, 3.63) is 115 Å². The first kappa shape index (κ1) is 30.5. The third kappa shape index (κ3) is 7.59. The van der Waals surface area contributed by atoms with Crippen LogP contribution in [0.15, 0.2) is 108 Å². The second kappa shape index (κ2) is 14.1. The Labute approximate surface area is 264 Å². The molecule has 6 rings (SSSR count). The predicted octanol–water partition coefficient (Wildman–Crippen LogP) is 8.26. The highest BCUT2D eigenvalue weighted by atomic mass is 32.2. The van der Waals surface area contributed by atoms with Crippen LogP contribution < -0.4 is 14.2 Å². The molecule has 1 unspecified atom stereocenters. The number of piperidine rings is 1. The van der Waals surface area contributed by atoms with Crippen LogP contribution in [-0.2, 0) is 10.8 Å². The Morgan fingerprint density at radius 2 is 1.49 bits per heavy atom. The Hall–Kier alpha value is -4.53. The molecule has 5 aromatic rings. The number of ether oxygens (including phenoxy) is 3. The Kier molecular flexibility index (Phi) is 9.52. The first-order valence-corrected chi connectivity index (χ1v) is 16.6. The molecule has 0 spiro atoms. The maximum atomic E-state index is 13.3. The minimum absolute atomic E-state index is 0.256. The summed E-state index contributed by atoms with van der Waals surface area (Å²) in [5, 5.41) is 1.63. The lowest BCUT2D eigenvalue weighted by atomic mass is 9.99. The third-order valence-corrected chi connectivity index (χ3v) is 8.83. The highest BCUT2D eigenvalue weighted by molar-refractivity contribution is 7.84. The molecule has 1 atom stereocenters. The molecule has 0 aromatic heterocycles. The quantitative estimate of drug-likeness (QED) is 0.115.